The van der Waals surface area contributed by atoms with Gasteiger partial charge in [0.1, 0.15) is 0 Å². The van der Waals surface area contributed by atoms with Crippen molar-refractivity contribution >= 4 is 5.91 Å². The molecule has 0 aromatic heterocycles. The maximum atomic E-state index is 11.7. The lowest BCUT2D eigenvalue weighted by molar-refractivity contribution is -0.126. The van der Waals surface area contributed by atoms with E-state index in [-0.39, 0.29) is 17.9 Å². The largest absolute Gasteiger partial charge is 0.392 e. The first kappa shape index (κ1) is 13.4. The van der Waals surface area contributed by atoms with Crippen molar-refractivity contribution in [1.29, 1.82) is 0 Å². The highest BCUT2D eigenvalue weighted by Gasteiger charge is 2.25. The van der Waals surface area contributed by atoms with Gasteiger partial charge in [-0.05, 0) is 26.3 Å². The zero-order chi connectivity index (χ0) is 12.0. The molecule has 1 fully saturated rings. The second-order valence-electron chi connectivity index (χ2n) is 4.53. The molecule has 0 aliphatic carbocycles. The van der Waals surface area contributed by atoms with Gasteiger partial charge in [-0.15, -0.1) is 0 Å². The molecule has 94 valence electrons. The Kier molecular flexibility index (Phi) is 5.73. The number of carbonyl (C=O) groups excluding carboxylic acids is 1. The van der Waals surface area contributed by atoms with Gasteiger partial charge in [0.25, 0.3) is 0 Å². The predicted octanol–water partition coefficient (Wildman–Crippen LogP) is -0.846. The molecule has 0 bridgehead atoms. The summed E-state index contributed by atoms with van der Waals surface area (Å²) in [5.74, 6) is 0.153. The fourth-order valence-electron chi connectivity index (χ4n) is 2.15. The summed E-state index contributed by atoms with van der Waals surface area (Å²) in [5, 5.41) is 12.1. The molecule has 0 aromatic carbocycles. The maximum absolute atomic E-state index is 11.7. The van der Waals surface area contributed by atoms with Crippen LogP contribution >= 0.6 is 0 Å². The summed E-state index contributed by atoms with van der Waals surface area (Å²) in [4.78, 5) is 13.9. The van der Waals surface area contributed by atoms with Gasteiger partial charge in [-0.3, -0.25) is 9.69 Å². The number of β-amino-alcohol motifs (C(OH)–C–C–N with tert-alkyl or cyclic N) is 1. The van der Waals surface area contributed by atoms with Crippen molar-refractivity contribution in [3.05, 3.63) is 0 Å². The number of nitrogens with zero attached hydrogens (tertiary/aromatic N) is 1. The van der Waals surface area contributed by atoms with Gasteiger partial charge in [0.15, 0.2) is 0 Å². The Morgan fingerprint density at radius 2 is 2.44 bits per heavy atom. The van der Waals surface area contributed by atoms with Crippen molar-refractivity contribution in [1.82, 2.24) is 10.2 Å². The Bertz CT molecular complexity index is 221. The van der Waals surface area contributed by atoms with Crippen molar-refractivity contribution in [3.63, 3.8) is 0 Å². The van der Waals surface area contributed by atoms with Crippen LogP contribution in [0.5, 0.6) is 0 Å². The van der Waals surface area contributed by atoms with Crippen LogP contribution in [-0.4, -0.2) is 54.7 Å². The van der Waals surface area contributed by atoms with Crippen LogP contribution in [0, 0.1) is 5.92 Å². The molecule has 1 unspecified atom stereocenters. The molecule has 5 nitrogen and oxygen atoms in total. The summed E-state index contributed by atoms with van der Waals surface area (Å²) in [6.07, 6.45) is 1.63. The normalized spacial score (nSPS) is 24.1. The van der Waals surface area contributed by atoms with E-state index in [9.17, 15) is 9.90 Å². The van der Waals surface area contributed by atoms with Crippen molar-refractivity contribution in [2.45, 2.75) is 25.9 Å². The van der Waals surface area contributed by atoms with E-state index >= 15 is 0 Å². The van der Waals surface area contributed by atoms with Crippen molar-refractivity contribution in [2.75, 3.05) is 32.7 Å². The molecule has 0 radical (unpaired) electrons. The van der Waals surface area contributed by atoms with Crippen molar-refractivity contribution < 1.29 is 9.90 Å². The molecule has 1 rings (SSSR count). The van der Waals surface area contributed by atoms with Crippen LogP contribution in [0.2, 0.25) is 0 Å². The van der Waals surface area contributed by atoms with Crippen LogP contribution < -0.4 is 11.1 Å². The summed E-state index contributed by atoms with van der Waals surface area (Å²) < 4.78 is 0. The molecule has 0 spiro atoms. The van der Waals surface area contributed by atoms with E-state index in [0.29, 0.717) is 19.6 Å². The smallest absolute Gasteiger partial charge is 0.224 e. The fraction of sp³-hybridized carbons (Fsp3) is 0.909. The van der Waals surface area contributed by atoms with Crippen molar-refractivity contribution in [2.24, 2.45) is 11.7 Å². The minimum Gasteiger partial charge on any atom is -0.392 e. The van der Waals surface area contributed by atoms with Crippen LogP contribution in [-0.2, 0) is 4.79 Å². The number of nitrogens with two attached hydrogens (primary N) is 1. The first-order chi connectivity index (χ1) is 7.63. The van der Waals surface area contributed by atoms with Gasteiger partial charge in [-0.2, -0.15) is 0 Å². The second-order valence-corrected chi connectivity index (χ2v) is 4.53. The van der Waals surface area contributed by atoms with Crippen molar-refractivity contribution in [3.8, 4) is 0 Å². The van der Waals surface area contributed by atoms with Gasteiger partial charge < -0.3 is 16.2 Å². The second kappa shape index (κ2) is 6.83. The number of amides is 1. The molecule has 5 heteroatoms. The summed E-state index contributed by atoms with van der Waals surface area (Å²) >= 11 is 0. The SMILES string of the molecule is C[C@H](O)CN1CCCC(C(=O)NCCN)C1. The molecule has 16 heavy (non-hydrogen) atoms. The number of nitrogens with one attached hydrogen (secondary N) is 1. The molecule has 1 amide bonds. The van der Waals surface area contributed by atoms with Crippen LogP contribution in [0.1, 0.15) is 19.8 Å². The number of carbonyl (C=O) groups is 1. The fourth-order valence-corrected chi connectivity index (χ4v) is 2.15. The third-order valence-electron chi connectivity index (χ3n) is 2.84. The summed E-state index contributed by atoms with van der Waals surface area (Å²) in [5.41, 5.74) is 5.34. The number of rotatable bonds is 5. The highest BCUT2D eigenvalue weighted by atomic mass is 16.3. The highest BCUT2D eigenvalue weighted by Crippen LogP contribution is 2.16. The van der Waals surface area contributed by atoms with Gasteiger partial charge >= 0.3 is 0 Å². The number of piperidine rings is 1. The van der Waals surface area contributed by atoms with E-state index in [1.165, 1.54) is 0 Å². The van der Waals surface area contributed by atoms with Crippen LogP contribution in [0.15, 0.2) is 0 Å². The van der Waals surface area contributed by atoms with Gasteiger partial charge in [-0.1, -0.05) is 0 Å². The summed E-state index contributed by atoms with van der Waals surface area (Å²) in [6, 6.07) is 0. The lowest BCUT2D eigenvalue weighted by atomic mass is 9.97. The summed E-state index contributed by atoms with van der Waals surface area (Å²) in [7, 11) is 0. The predicted molar refractivity (Wildman–Crippen MR) is 62.9 cm³/mol. The zero-order valence-electron chi connectivity index (χ0n) is 9.98. The van der Waals surface area contributed by atoms with Crippen LogP contribution in [0.3, 0.4) is 0 Å². The molecule has 1 saturated heterocycles. The maximum Gasteiger partial charge on any atom is 0.224 e. The molecule has 2 atom stereocenters. The lowest BCUT2D eigenvalue weighted by Crippen LogP contribution is -2.45. The third-order valence-corrected chi connectivity index (χ3v) is 2.84. The van der Waals surface area contributed by atoms with Gasteiger partial charge in [0, 0.05) is 26.2 Å². The molecule has 1 aliphatic rings. The van der Waals surface area contributed by atoms with Crippen LogP contribution in [0.25, 0.3) is 0 Å². The minimum absolute atomic E-state index is 0.0547. The topological polar surface area (TPSA) is 78.6 Å². The van der Waals surface area contributed by atoms with E-state index in [1.54, 1.807) is 6.92 Å². The van der Waals surface area contributed by atoms with E-state index in [4.69, 9.17) is 5.73 Å². The number of hydrogen-bond acceptors (Lipinski definition) is 4. The van der Waals surface area contributed by atoms with Gasteiger partial charge in [0.2, 0.25) is 5.91 Å². The zero-order valence-corrected chi connectivity index (χ0v) is 9.98. The monoisotopic (exact) mass is 229 g/mol. The van der Waals surface area contributed by atoms with E-state index in [1.807, 2.05) is 0 Å². The molecular weight excluding hydrogens is 206 g/mol. The van der Waals surface area contributed by atoms with Crippen LogP contribution in [0.4, 0.5) is 0 Å². The number of likely N-dealkylation sites (tertiary alicyclic amines) is 1. The molecule has 1 heterocycles. The highest BCUT2D eigenvalue weighted by molar-refractivity contribution is 5.78. The first-order valence-corrected chi connectivity index (χ1v) is 6.01. The lowest BCUT2D eigenvalue weighted by Gasteiger charge is -2.32. The third kappa shape index (κ3) is 4.47. The molecule has 1 aliphatic heterocycles. The first-order valence-electron chi connectivity index (χ1n) is 6.01. The van der Waals surface area contributed by atoms with Gasteiger partial charge in [0.05, 0.1) is 12.0 Å². The number of aliphatic hydroxyl groups excluding tert-OH is 1. The van der Waals surface area contributed by atoms with E-state index in [0.717, 1.165) is 25.9 Å². The average molecular weight is 229 g/mol. The molecular formula is C11H23N3O2. The quantitative estimate of drug-likeness (QED) is 0.574. The summed E-state index contributed by atoms with van der Waals surface area (Å²) in [6.45, 7) is 5.19. The van der Waals surface area contributed by atoms with E-state index < -0.39 is 0 Å². The minimum atomic E-state index is -0.328. The Balaban J connectivity index is 2.34. The average Bonchev–Trinajstić information content (AvgIpc) is 2.25. The Morgan fingerprint density at radius 1 is 1.69 bits per heavy atom. The Hall–Kier alpha value is -0.650. The number of aliphatic hydroxyl groups is 1. The number of hydrogen-bond donors (Lipinski definition) is 3. The Labute approximate surface area is 97.0 Å². The standard InChI is InChI=1S/C11H23N3O2/c1-9(15)7-14-6-2-3-10(8-14)11(16)13-5-4-12/h9-10,15H,2-8,12H2,1H3,(H,13,16)/t9-,10?/m0/s1. The molecule has 0 saturated carbocycles. The Morgan fingerprint density at radius 3 is 3.06 bits per heavy atom. The van der Waals surface area contributed by atoms with Gasteiger partial charge in [-0.25, -0.2) is 0 Å². The molecule has 0 aromatic rings. The van der Waals surface area contributed by atoms with E-state index in [2.05, 4.69) is 10.2 Å². The molecule has 4 N–H and O–H groups in total.